The molecule has 0 spiro atoms. The van der Waals surface area contributed by atoms with Gasteiger partial charge >= 0.3 is 0 Å². The maximum absolute atomic E-state index is 10.5. The predicted molar refractivity (Wildman–Crippen MR) is 173 cm³/mol. The molecule has 6 aromatic rings. The van der Waals surface area contributed by atoms with Crippen molar-refractivity contribution >= 4 is 33.5 Å². The van der Waals surface area contributed by atoms with Gasteiger partial charge in [-0.15, -0.1) is 0 Å². The summed E-state index contributed by atoms with van der Waals surface area (Å²) < 4.78 is 0. The lowest BCUT2D eigenvalue weighted by atomic mass is 9.77. The summed E-state index contributed by atoms with van der Waals surface area (Å²) >= 11 is 0. The largest absolute Gasteiger partial charge is 0.399 e. The Morgan fingerprint density at radius 3 is 1.63 bits per heavy atom. The highest BCUT2D eigenvalue weighted by atomic mass is 16.1. The number of allylic oxidation sites excluding steroid dienone is 4. The topological polar surface area (TPSA) is 43.1 Å². The molecule has 0 unspecified atom stereocenters. The molecule has 2 nitrogen and oxygen atoms in total. The molecule has 2 heteroatoms. The van der Waals surface area contributed by atoms with Gasteiger partial charge < -0.3 is 5.73 Å². The predicted octanol–water partition coefficient (Wildman–Crippen LogP) is 9.73. The van der Waals surface area contributed by atoms with Crippen LogP contribution in [0.25, 0.3) is 32.7 Å². The number of anilines is 1. The van der Waals surface area contributed by atoms with E-state index < -0.39 is 0 Å². The SMILES string of the molecule is C1=CC2C=CC1c1ccccc12.Nc1ccc2ccc3ccccc3c2c1.O=Cc1ccc(-c2ccccc2)cc1. The van der Waals surface area contributed by atoms with Crippen LogP contribution < -0.4 is 5.73 Å². The number of hydrogen-bond donors (Lipinski definition) is 1. The average molecular weight is 530 g/mol. The third kappa shape index (κ3) is 5.73. The van der Waals surface area contributed by atoms with E-state index in [0.29, 0.717) is 17.4 Å². The molecule has 0 saturated heterocycles. The minimum absolute atomic E-state index is 0.547. The fraction of sp³-hybridized carbons (Fsp3) is 0.0513. The molecule has 9 rings (SSSR count). The second-order valence-corrected chi connectivity index (χ2v) is 10.3. The van der Waals surface area contributed by atoms with E-state index in [9.17, 15) is 4.79 Å². The van der Waals surface area contributed by atoms with Gasteiger partial charge in [0.15, 0.2) is 0 Å². The highest BCUT2D eigenvalue weighted by Crippen LogP contribution is 2.39. The van der Waals surface area contributed by atoms with E-state index in [2.05, 4.69) is 103 Å². The molecule has 2 N–H and O–H groups in total. The lowest BCUT2D eigenvalue weighted by Gasteiger charge is -2.28. The molecule has 3 aliphatic carbocycles. The molecule has 0 amide bonds. The third-order valence-corrected chi connectivity index (χ3v) is 7.69. The van der Waals surface area contributed by atoms with E-state index in [1.54, 1.807) is 0 Å². The minimum Gasteiger partial charge on any atom is -0.399 e. The molecular formula is C39H31NO. The minimum atomic E-state index is 0.547. The van der Waals surface area contributed by atoms with Gasteiger partial charge in [-0.25, -0.2) is 0 Å². The summed E-state index contributed by atoms with van der Waals surface area (Å²) in [5.74, 6) is 1.09. The van der Waals surface area contributed by atoms with Gasteiger partial charge in [0.05, 0.1) is 0 Å². The van der Waals surface area contributed by atoms with Gasteiger partial charge in [0.1, 0.15) is 6.29 Å². The number of nitrogens with two attached hydrogens (primary N) is 1. The summed E-state index contributed by atoms with van der Waals surface area (Å²) in [6.45, 7) is 0. The lowest BCUT2D eigenvalue weighted by molar-refractivity contribution is 0.112. The second-order valence-electron chi connectivity index (χ2n) is 10.3. The molecule has 0 radical (unpaired) electrons. The van der Waals surface area contributed by atoms with Crippen molar-refractivity contribution in [2.24, 2.45) is 0 Å². The number of fused-ring (bicyclic) bond motifs is 3. The molecule has 0 heterocycles. The molecule has 3 aliphatic rings. The quantitative estimate of drug-likeness (QED) is 0.105. The number of aldehydes is 1. The number of rotatable bonds is 2. The van der Waals surface area contributed by atoms with Crippen LogP contribution in [0, 0.1) is 0 Å². The first-order valence-electron chi connectivity index (χ1n) is 13.9. The lowest BCUT2D eigenvalue weighted by Crippen LogP contribution is -2.11. The van der Waals surface area contributed by atoms with Gasteiger partial charge in [0, 0.05) is 23.1 Å². The second kappa shape index (κ2) is 11.9. The van der Waals surface area contributed by atoms with Gasteiger partial charge in [-0.05, 0) is 55.9 Å². The van der Waals surface area contributed by atoms with Crippen LogP contribution in [0.5, 0.6) is 0 Å². The standard InChI is InChI=1S/C14H11N.C13H10O.C12H10/c15-12-8-7-11-6-5-10-3-1-2-4-13(10)14(11)9-12;14-10-11-6-8-13(9-7-11)12-4-2-1-3-5-12;1-2-4-12-10-7-5-9(6-8-10)11(12)3-1/h1-9H,15H2;1-10H;1-10H. The molecule has 6 aromatic carbocycles. The monoisotopic (exact) mass is 529 g/mol. The van der Waals surface area contributed by atoms with Crippen LogP contribution in [-0.2, 0) is 0 Å². The zero-order valence-corrected chi connectivity index (χ0v) is 22.7. The van der Waals surface area contributed by atoms with Crippen LogP contribution in [0.3, 0.4) is 0 Å². The highest BCUT2D eigenvalue weighted by Gasteiger charge is 2.23. The first-order chi connectivity index (χ1) is 20.2. The molecule has 41 heavy (non-hydrogen) atoms. The number of carbonyl (C=O) groups is 1. The van der Waals surface area contributed by atoms with Crippen LogP contribution in [0.15, 0.2) is 158 Å². The summed E-state index contributed by atoms with van der Waals surface area (Å²) in [4.78, 5) is 10.5. The normalized spacial score (nSPS) is 15.8. The molecule has 0 aromatic heterocycles. The van der Waals surface area contributed by atoms with Crippen molar-refractivity contribution in [1.82, 2.24) is 0 Å². The molecule has 0 fully saturated rings. The Balaban J connectivity index is 0.000000111. The molecule has 0 atom stereocenters. The summed E-state index contributed by atoms with van der Waals surface area (Å²) in [7, 11) is 0. The zero-order chi connectivity index (χ0) is 28.0. The Bertz CT molecular complexity index is 1820. The Kier molecular flexibility index (Phi) is 7.55. The van der Waals surface area contributed by atoms with Crippen LogP contribution in [0.1, 0.15) is 33.3 Å². The van der Waals surface area contributed by atoms with E-state index >= 15 is 0 Å². The van der Waals surface area contributed by atoms with Crippen LogP contribution in [-0.4, -0.2) is 6.29 Å². The molecule has 0 saturated carbocycles. The Labute approximate surface area is 241 Å². The Morgan fingerprint density at radius 1 is 0.488 bits per heavy atom. The van der Waals surface area contributed by atoms with E-state index in [-0.39, 0.29) is 0 Å². The highest BCUT2D eigenvalue weighted by molar-refractivity contribution is 6.08. The van der Waals surface area contributed by atoms with E-state index in [1.807, 2.05) is 54.6 Å². The van der Waals surface area contributed by atoms with Gasteiger partial charge in [-0.1, -0.05) is 146 Å². The van der Waals surface area contributed by atoms with Crippen LogP contribution in [0.4, 0.5) is 5.69 Å². The number of hydrogen-bond acceptors (Lipinski definition) is 2. The first-order valence-corrected chi connectivity index (χ1v) is 13.9. The smallest absolute Gasteiger partial charge is 0.150 e. The summed E-state index contributed by atoms with van der Waals surface area (Å²) in [5.41, 5.74) is 12.6. The van der Waals surface area contributed by atoms with Crippen LogP contribution in [0.2, 0.25) is 0 Å². The zero-order valence-electron chi connectivity index (χ0n) is 22.7. The maximum atomic E-state index is 10.5. The van der Waals surface area contributed by atoms with Crippen LogP contribution >= 0.6 is 0 Å². The van der Waals surface area contributed by atoms with Gasteiger partial charge in [-0.2, -0.15) is 0 Å². The van der Waals surface area contributed by atoms with E-state index in [4.69, 9.17) is 5.73 Å². The molecular weight excluding hydrogens is 498 g/mol. The van der Waals surface area contributed by atoms with Crippen molar-refractivity contribution in [1.29, 1.82) is 0 Å². The van der Waals surface area contributed by atoms with Gasteiger partial charge in [0.25, 0.3) is 0 Å². The van der Waals surface area contributed by atoms with Crippen molar-refractivity contribution in [3.8, 4) is 11.1 Å². The Hall–Kier alpha value is -5.21. The summed E-state index contributed by atoms with van der Waals surface area (Å²) in [5, 5.41) is 4.99. The summed E-state index contributed by atoms with van der Waals surface area (Å²) in [6.07, 6.45) is 10.1. The Morgan fingerprint density at radius 2 is 1.00 bits per heavy atom. The molecule has 2 bridgehead atoms. The third-order valence-electron chi connectivity index (χ3n) is 7.69. The van der Waals surface area contributed by atoms with Crippen molar-refractivity contribution in [3.05, 3.63) is 174 Å². The van der Waals surface area contributed by atoms with Crippen molar-refractivity contribution in [2.75, 3.05) is 5.73 Å². The van der Waals surface area contributed by atoms with Crippen molar-refractivity contribution in [3.63, 3.8) is 0 Å². The maximum Gasteiger partial charge on any atom is 0.150 e. The first kappa shape index (κ1) is 26.0. The molecule has 0 aliphatic heterocycles. The number of benzene rings is 6. The van der Waals surface area contributed by atoms with E-state index in [0.717, 1.165) is 17.5 Å². The number of carbonyl (C=O) groups excluding carboxylic acids is 1. The fourth-order valence-electron chi connectivity index (χ4n) is 5.54. The van der Waals surface area contributed by atoms with Crippen molar-refractivity contribution in [2.45, 2.75) is 11.8 Å². The fourth-order valence-corrected chi connectivity index (χ4v) is 5.54. The molecule has 198 valence electrons. The van der Waals surface area contributed by atoms with Crippen molar-refractivity contribution < 1.29 is 4.79 Å². The van der Waals surface area contributed by atoms with Gasteiger partial charge in [-0.3, -0.25) is 4.79 Å². The van der Waals surface area contributed by atoms with E-state index in [1.165, 1.54) is 38.2 Å². The average Bonchev–Trinajstić information content (AvgIpc) is 3.06. The van der Waals surface area contributed by atoms with Gasteiger partial charge in [0.2, 0.25) is 0 Å². The summed E-state index contributed by atoms with van der Waals surface area (Å²) in [6, 6.07) is 45.1. The number of nitrogen functional groups attached to an aromatic ring is 1.